The van der Waals surface area contributed by atoms with Gasteiger partial charge in [0, 0.05) is 30.8 Å². The SMILES string of the molecule is COc1cccc(NC(=O)CCCN2C(=O)C(=Cc3ccco3)SC2=S)c1. The van der Waals surface area contributed by atoms with E-state index in [1.54, 1.807) is 55.8 Å². The van der Waals surface area contributed by atoms with E-state index in [2.05, 4.69) is 5.32 Å². The zero-order chi connectivity index (χ0) is 19.2. The number of ether oxygens (including phenoxy) is 1. The molecule has 0 saturated carbocycles. The van der Waals surface area contributed by atoms with Crippen molar-refractivity contribution < 1.29 is 18.7 Å². The summed E-state index contributed by atoms with van der Waals surface area (Å²) in [4.78, 5) is 26.6. The normalized spacial score (nSPS) is 15.4. The van der Waals surface area contributed by atoms with Gasteiger partial charge in [-0.15, -0.1) is 0 Å². The Kier molecular flexibility index (Phi) is 6.31. The highest BCUT2D eigenvalue weighted by molar-refractivity contribution is 8.26. The maximum atomic E-state index is 12.5. The minimum absolute atomic E-state index is 0.125. The molecule has 2 aromatic rings. The molecule has 1 aliphatic heterocycles. The van der Waals surface area contributed by atoms with E-state index in [0.717, 1.165) is 0 Å². The molecule has 6 nitrogen and oxygen atoms in total. The molecule has 0 spiro atoms. The summed E-state index contributed by atoms with van der Waals surface area (Å²) < 4.78 is 10.9. The van der Waals surface area contributed by atoms with Crippen LogP contribution in [0.5, 0.6) is 5.75 Å². The van der Waals surface area contributed by atoms with Crippen molar-refractivity contribution >= 4 is 51.9 Å². The number of hydrogen-bond acceptors (Lipinski definition) is 6. The zero-order valence-corrected chi connectivity index (χ0v) is 16.3. The van der Waals surface area contributed by atoms with Crippen molar-refractivity contribution in [3.05, 3.63) is 53.3 Å². The molecule has 2 amide bonds. The summed E-state index contributed by atoms with van der Waals surface area (Å²) in [5.41, 5.74) is 0.673. The lowest BCUT2D eigenvalue weighted by Crippen LogP contribution is -2.29. The lowest BCUT2D eigenvalue weighted by atomic mass is 10.2. The van der Waals surface area contributed by atoms with Crippen LogP contribution in [0.1, 0.15) is 18.6 Å². The number of carbonyl (C=O) groups excluding carboxylic acids is 2. The van der Waals surface area contributed by atoms with E-state index in [0.29, 0.717) is 39.4 Å². The van der Waals surface area contributed by atoms with E-state index in [1.807, 2.05) is 0 Å². The number of methoxy groups -OCH3 is 1. The van der Waals surface area contributed by atoms with Crippen molar-refractivity contribution in [3.63, 3.8) is 0 Å². The molecule has 0 atom stereocenters. The third kappa shape index (κ3) is 4.99. The summed E-state index contributed by atoms with van der Waals surface area (Å²) in [6, 6.07) is 10.7. The molecule has 1 N–H and O–H groups in total. The molecular formula is C19H18N2O4S2. The number of thiocarbonyl (C=S) groups is 1. The number of benzene rings is 1. The molecule has 1 aliphatic rings. The Morgan fingerprint density at radius 2 is 2.22 bits per heavy atom. The number of nitrogens with one attached hydrogen (secondary N) is 1. The molecule has 2 heterocycles. The van der Waals surface area contributed by atoms with E-state index < -0.39 is 0 Å². The standard InChI is InChI=1S/C19H18N2O4S2/c1-24-14-6-2-5-13(11-14)20-17(22)8-3-9-21-18(23)16(27-19(21)26)12-15-7-4-10-25-15/h2,4-7,10-12H,3,8-9H2,1H3,(H,20,22). The Hall–Kier alpha value is -2.58. The molecule has 140 valence electrons. The molecule has 0 radical (unpaired) electrons. The molecule has 1 aromatic heterocycles. The van der Waals surface area contributed by atoms with Crippen LogP contribution < -0.4 is 10.1 Å². The summed E-state index contributed by atoms with van der Waals surface area (Å²) in [5.74, 6) is 0.997. The number of furan rings is 1. The van der Waals surface area contributed by atoms with Gasteiger partial charge in [-0.05, 0) is 30.7 Å². The molecule has 1 fully saturated rings. The molecule has 8 heteroatoms. The first-order valence-corrected chi connectivity index (χ1v) is 9.52. The van der Waals surface area contributed by atoms with E-state index in [1.165, 1.54) is 16.7 Å². The van der Waals surface area contributed by atoms with Gasteiger partial charge in [0.1, 0.15) is 15.8 Å². The Balaban J connectivity index is 1.50. The summed E-state index contributed by atoms with van der Waals surface area (Å²) in [7, 11) is 1.57. The smallest absolute Gasteiger partial charge is 0.266 e. The van der Waals surface area contributed by atoms with Gasteiger partial charge in [-0.3, -0.25) is 14.5 Å². The van der Waals surface area contributed by atoms with Crippen molar-refractivity contribution in [1.82, 2.24) is 4.90 Å². The van der Waals surface area contributed by atoms with E-state index >= 15 is 0 Å². The quantitative estimate of drug-likeness (QED) is 0.559. The first kappa shape index (κ1) is 19.2. The van der Waals surface area contributed by atoms with Gasteiger partial charge in [-0.25, -0.2) is 0 Å². The van der Waals surface area contributed by atoms with Crippen molar-refractivity contribution in [2.45, 2.75) is 12.8 Å². The van der Waals surface area contributed by atoms with Crippen LogP contribution in [-0.2, 0) is 9.59 Å². The lowest BCUT2D eigenvalue weighted by Gasteiger charge is -2.14. The third-order valence-electron chi connectivity index (χ3n) is 3.83. The highest BCUT2D eigenvalue weighted by Crippen LogP contribution is 2.32. The Morgan fingerprint density at radius 1 is 1.37 bits per heavy atom. The second-order valence-corrected chi connectivity index (χ2v) is 7.41. The molecule has 0 unspecified atom stereocenters. The van der Waals surface area contributed by atoms with Crippen molar-refractivity contribution in [2.24, 2.45) is 0 Å². The monoisotopic (exact) mass is 402 g/mol. The predicted molar refractivity (Wildman–Crippen MR) is 109 cm³/mol. The number of thioether (sulfide) groups is 1. The number of anilines is 1. The summed E-state index contributed by atoms with van der Waals surface area (Å²) in [6.07, 6.45) is 4.02. The summed E-state index contributed by atoms with van der Waals surface area (Å²) >= 11 is 6.52. The van der Waals surface area contributed by atoms with Crippen LogP contribution in [0, 0.1) is 0 Å². The second-order valence-electron chi connectivity index (χ2n) is 5.73. The van der Waals surface area contributed by atoms with Gasteiger partial charge in [0.25, 0.3) is 5.91 Å². The number of rotatable bonds is 7. The first-order chi connectivity index (χ1) is 13.1. The highest BCUT2D eigenvalue weighted by atomic mass is 32.2. The highest BCUT2D eigenvalue weighted by Gasteiger charge is 2.31. The first-order valence-electron chi connectivity index (χ1n) is 8.29. The van der Waals surface area contributed by atoms with Gasteiger partial charge < -0.3 is 14.5 Å². The van der Waals surface area contributed by atoms with Gasteiger partial charge in [0.05, 0.1) is 18.3 Å². The van der Waals surface area contributed by atoms with E-state index in [4.69, 9.17) is 21.4 Å². The largest absolute Gasteiger partial charge is 0.497 e. The minimum Gasteiger partial charge on any atom is -0.497 e. The molecule has 0 aliphatic carbocycles. The number of hydrogen-bond donors (Lipinski definition) is 1. The summed E-state index contributed by atoms with van der Waals surface area (Å²) in [5, 5.41) is 2.82. The second kappa shape index (κ2) is 8.88. The van der Waals surface area contributed by atoms with E-state index in [-0.39, 0.29) is 18.2 Å². The van der Waals surface area contributed by atoms with Crippen LogP contribution in [0.2, 0.25) is 0 Å². The van der Waals surface area contributed by atoms with Gasteiger partial charge in [-0.2, -0.15) is 0 Å². The molecule has 1 saturated heterocycles. The lowest BCUT2D eigenvalue weighted by molar-refractivity contribution is -0.122. The molecule has 3 rings (SSSR count). The fourth-order valence-electron chi connectivity index (χ4n) is 2.52. The van der Waals surface area contributed by atoms with Crippen LogP contribution >= 0.6 is 24.0 Å². The average Bonchev–Trinajstić information content (AvgIpc) is 3.25. The van der Waals surface area contributed by atoms with Crippen LogP contribution in [0.4, 0.5) is 5.69 Å². The van der Waals surface area contributed by atoms with Crippen LogP contribution in [0.3, 0.4) is 0 Å². The Bertz CT molecular complexity index is 878. The zero-order valence-electron chi connectivity index (χ0n) is 14.6. The van der Waals surface area contributed by atoms with Gasteiger partial charge >= 0.3 is 0 Å². The van der Waals surface area contributed by atoms with E-state index in [9.17, 15) is 9.59 Å². The van der Waals surface area contributed by atoms with Crippen LogP contribution in [-0.4, -0.2) is 34.7 Å². The number of amides is 2. The van der Waals surface area contributed by atoms with Gasteiger partial charge in [-0.1, -0.05) is 30.0 Å². The fraction of sp³-hybridized carbons (Fsp3) is 0.211. The maximum absolute atomic E-state index is 12.5. The maximum Gasteiger partial charge on any atom is 0.266 e. The van der Waals surface area contributed by atoms with Crippen molar-refractivity contribution in [2.75, 3.05) is 19.0 Å². The molecule has 0 bridgehead atoms. The van der Waals surface area contributed by atoms with Crippen LogP contribution in [0.25, 0.3) is 6.08 Å². The molecule has 1 aromatic carbocycles. The minimum atomic E-state index is -0.158. The van der Waals surface area contributed by atoms with Gasteiger partial charge in [0.15, 0.2) is 0 Å². The third-order valence-corrected chi connectivity index (χ3v) is 5.21. The topological polar surface area (TPSA) is 71.8 Å². The number of carbonyl (C=O) groups is 2. The number of nitrogens with zero attached hydrogens (tertiary/aromatic N) is 1. The molecule has 27 heavy (non-hydrogen) atoms. The van der Waals surface area contributed by atoms with Crippen LogP contribution in [0.15, 0.2) is 52.0 Å². The van der Waals surface area contributed by atoms with Crippen molar-refractivity contribution in [1.29, 1.82) is 0 Å². The summed E-state index contributed by atoms with van der Waals surface area (Å²) in [6.45, 7) is 0.395. The average molecular weight is 402 g/mol. The van der Waals surface area contributed by atoms with Gasteiger partial charge in [0.2, 0.25) is 5.91 Å². The van der Waals surface area contributed by atoms with Crippen molar-refractivity contribution in [3.8, 4) is 5.75 Å². The fourth-order valence-corrected chi connectivity index (χ4v) is 3.81. The molecular weight excluding hydrogens is 384 g/mol. The predicted octanol–water partition coefficient (Wildman–Crippen LogP) is 3.91. The Morgan fingerprint density at radius 3 is 2.96 bits per heavy atom. The Labute approximate surface area is 166 Å².